The highest BCUT2D eigenvalue weighted by Crippen LogP contribution is 2.28. The molecule has 2 aromatic rings. The van der Waals surface area contributed by atoms with Crippen LogP contribution in [0.25, 0.3) is 0 Å². The summed E-state index contributed by atoms with van der Waals surface area (Å²) in [4.78, 5) is 23.7. The van der Waals surface area contributed by atoms with E-state index in [1.165, 1.54) is 32.1 Å². The standard InChI is InChI=1S/C23H31ClN4OS/c1-3-4-13-25-22(29)18-10-8-9-17(14-18)16-30-23-26-20(24)15-21(27-23)28(2)19-11-6-5-7-12-19/h8-10,14-15,19H,3-7,11-13,16H2,1-2H3,(H,25,29). The first-order chi connectivity index (χ1) is 14.6. The van der Waals surface area contributed by atoms with Gasteiger partial charge in [-0.25, -0.2) is 9.97 Å². The molecule has 1 aromatic carbocycles. The van der Waals surface area contributed by atoms with Gasteiger partial charge < -0.3 is 10.2 Å². The first-order valence-corrected chi connectivity index (χ1v) is 12.2. The summed E-state index contributed by atoms with van der Waals surface area (Å²) in [5, 5.41) is 4.10. The molecule has 0 saturated heterocycles. The number of thioether (sulfide) groups is 1. The minimum Gasteiger partial charge on any atom is -0.357 e. The second-order valence-corrected chi connectivity index (χ2v) is 9.16. The molecule has 1 aliphatic rings. The fourth-order valence-corrected chi connectivity index (χ4v) is 4.74. The van der Waals surface area contributed by atoms with E-state index in [-0.39, 0.29) is 5.91 Å². The quantitative estimate of drug-likeness (QED) is 0.231. The summed E-state index contributed by atoms with van der Waals surface area (Å²) in [6, 6.07) is 10.1. The maximum Gasteiger partial charge on any atom is 0.251 e. The number of hydrogen-bond acceptors (Lipinski definition) is 5. The van der Waals surface area contributed by atoms with Gasteiger partial charge in [0.1, 0.15) is 11.0 Å². The van der Waals surface area contributed by atoms with E-state index in [0.717, 1.165) is 24.2 Å². The van der Waals surface area contributed by atoms with Crippen LogP contribution < -0.4 is 10.2 Å². The van der Waals surface area contributed by atoms with Crippen LogP contribution in [-0.2, 0) is 5.75 Å². The van der Waals surface area contributed by atoms with E-state index in [4.69, 9.17) is 16.6 Å². The van der Waals surface area contributed by atoms with E-state index in [1.54, 1.807) is 11.8 Å². The predicted octanol–water partition coefficient (Wildman–Crippen LogP) is 5.72. The van der Waals surface area contributed by atoms with Crippen molar-refractivity contribution in [1.82, 2.24) is 15.3 Å². The Bertz CT molecular complexity index is 842. The second kappa shape index (κ2) is 11.6. The Kier molecular flexibility index (Phi) is 8.82. The van der Waals surface area contributed by atoms with Crippen LogP contribution in [0.5, 0.6) is 0 Å². The van der Waals surface area contributed by atoms with Crippen molar-refractivity contribution in [1.29, 1.82) is 0 Å². The molecule has 0 unspecified atom stereocenters. The Morgan fingerprint density at radius 3 is 2.80 bits per heavy atom. The van der Waals surface area contributed by atoms with E-state index in [2.05, 4.69) is 29.2 Å². The van der Waals surface area contributed by atoms with Crippen LogP contribution in [-0.4, -0.2) is 35.5 Å². The molecule has 1 aliphatic carbocycles. The molecule has 1 aromatic heterocycles. The normalized spacial score (nSPS) is 14.5. The molecule has 3 rings (SSSR count). The lowest BCUT2D eigenvalue weighted by atomic mass is 9.94. The van der Waals surface area contributed by atoms with Crippen LogP contribution in [0.3, 0.4) is 0 Å². The summed E-state index contributed by atoms with van der Waals surface area (Å²) >= 11 is 7.84. The number of nitrogens with zero attached hydrogens (tertiary/aromatic N) is 3. The third kappa shape index (κ3) is 6.61. The average molecular weight is 447 g/mol. The second-order valence-electron chi connectivity index (χ2n) is 7.83. The highest BCUT2D eigenvalue weighted by molar-refractivity contribution is 7.98. The number of carbonyl (C=O) groups excluding carboxylic acids is 1. The Morgan fingerprint density at radius 1 is 1.23 bits per heavy atom. The summed E-state index contributed by atoms with van der Waals surface area (Å²) in [5.74, 6) is 1.54. The van der Waals surface area contributed by atoms with Gasteiger partial charge in [0, 0.05) is 37.0 Å². The van der Waals surface area contributed by atoms with Crippen molar-refractivity contribution < 1.29 is 4.79 Å². The number of nitrogens with one attached hydrogen (secondary N) is 1. The molecule has 1 amide bonds. The number of hydrogen-bond donors (Lipinski definition) is 1. The topological polar surface area (TPSA) is 58.1 Å². The van der Waals surface area contributed by atoms with E-state index >= 15 is 0 Å². The monoisotopic (exact) mass is 446 g/mol. The number of rotatable bonds is 9. The van der Waals surface area contributed by atoms with Crippen LogP contribution in [0, 0.1) is 0 Å². The Labute approximate surface area is 189 Å². The van der Waals surface area contributed by atoms with E-state index in [9.17, 15) is 4.79 Å². The first kappa shape index (κ1) is 22.9. The predicted molar refractivity (Wildman–Crippen MR) is 126 cm³/mol. The van der Waals surface area contributed by atoms with Crippen LogP contribution in [0.2, 0.25) is 5.15 Å². The van der Waals surface area contributed by atoms with Crippen molar-refractivity contribution >= 4 is 35.1 Å². The third-order valence-electron chi connectivity index (χ3n) is 5.52. The van der Waals surface area contributed by atoms with Gasteiger partial charge >= 0.3 is 0 Å². The smallest absolute Gasteiger partial charge is 0.251 e. The van der Waals surface area contributed by atoms with Crippen LogP contribution >= 0.6 is 23.4 Å². The molecule has 0 atom stereocenters. The van der Waals surface area contributed by atoms with E-state index in [1.807, 2.05) is 30.3 Å². The van der Waals surface area contributed by atoms with Gasteiger partial charge in [0.05, 0.1) is 0 Å². The highest BCUT2D eigenvalue weighted by Gasteiger charge is 2.20. The summed E-state index contributed by atoms with van der Waals surface area (Å²) in [6.07, 6.45) is 8.34. The molecule has 162 valence electrons. The van der Waals surface area contributed by atoms with Crippen molar-refractivity contribution in [3.8, 4) is 0 Å². The van der Waals surface area contributed by atoms with Crippen LogP contribution in [0.15, 0.2) is 35.5 Å². The zero-order valence-corrected chi connectivity index (χ0v) is 19.4. The molecular weight excluding hydrogens is 416 g/mol. The number of carbonyl (C=O) groups is 1. The van der Waals surface area contributed by atoms with Gasteiger partial charge in [0.2, 0.25) is 0 Å². The molecule has 1 N–H and O–H groups in total. The van der Waals surface area contributed by atoms with Crippen LogP contribution in [0.4, 0.5) is 5.82 Å². The number of amides is 1. The maximum absolute atomic E-state index is 12.3. The fourth-order valence-electron chi connectivity index (χ4n) is 3.72. The molecule has 0 aliphatic heterocycles. The summed E-state index contributed by atoms with van der Waals surface area (Å²) in [5.41, 5.74) is 1.75. The van der Waals surface area contributed by atoms with Gasteiger partial charge in [-0.15, -0.1) is 0 Å². The van der Waals surface area contributed by atoms with Gasteiger partial charge in [-0.1, -0.05) is 68.1 Å². The minimum atomic E-state index is -0.0225. The van der Waals surface area contributed by atoms with Crippen LogP contribution in [0.1, 0.15) is 67.8 Å². The fraction of sp³-hybridized carbons (Fsp3) is 0.522. The Balaban J connectivity index is 1.63. The number of halogens is 1. The molecule has 5 nitrogen and oxygen atoms in total. The SMILES string of the molecule is CCCCNC(=O)c1cccc(CSc2nc(Cl)cc(N(C)C3CCCCC3)n2)c1. The molecule has 1 heterocycles. The molecule has 0 spiro atoms. The zero-order chi connectivity index (χ0) is 21.3. The molecule has 0 bridgehead atoms. The largest absolute Gasteiger partial charge is 0.357 e. The van der Waals surface area contributed by atoms with E-state index < -0.39 is 0 Å². The summed E-state index contributed by atoms with van der Waals surface area (Å²) in [6.45, 7) is 2.82. The third-order valence-corrected chi connectivity index (χ3v) is 6.63. The number of benzene rings is 1. The lowest BCUT2D eigenvalue weighted by Crippen LogP contribution is -2.34. The average Bonchev–Trinajstić information content (AvgIpc) is 2.77. The minimum absolute atomic E-state index is 0.0225. The van der Waals surface area contributed by atoms with Gasteiger partial charge in [0.15, 0.2) is 5.16 Å². The lowest BCUT2D eigenvalue weighted by Gasteiger charge is -2.32. The molecular formula is C23H31ClN4OS. The maximum atomic E-state index is 12.3. The Morgan fingerprint density at radius 2 is 2.03 bits per heavy atom. The van der Waals surface area contributed by atoms with Crippen molar-refractivity contribution in [3.05, 3.63) is 46.6 Å². The molecule has 30 heavy (non-hydrogen) atoms. The summed E-state index contributed by atoms with van der Waals surface area (Å²) in [7, 11) is 2.10. The lowest BCUT2D eigenvalue weighted by molar-refractivity contribution is 0.0953. The van der Waals surface area contributed by atoms with Crippen molar-refractivity contribution in [2.75, 3.05) is 18.5 Å². The highest BCUT2D eigenvalue weighted by atomic mass is 35.5. The van der Waals surface area contributed by atoms with Crippen molar-refractivity contribution in [2.45, 2.75) is 68.8 Å². The molecule has 1 saturated carbocycles. The number of aromatic nitrogens is 2. The van der Waals surface area contributed by atoms with Gasteiger partial charge in [0.25, 0.3) is 5.91 Å². The molecule has 7 heteroatoms. The van der Waals surface area contributed by atoms with Crippen molar-refractivity contribution in [2.24, 2.45) is 0 Å². The van der Waals surface area contributed by atoms with Crippen molar-refractivity contribution in [3.63, 3.8) is 0 Å². The first-order valence-electron chi connectivity index (χ1n) is 10.8. The number of unbranched alkanes of at least 4 members (excludes halogenated alkanes) is 1. The summed E-state index contributed by atoms with van der Waals surface area (Å²) < 4.78 is 0. The molecule has 0 radical (unpaired) electrons. The van der Waals surface area contributed by atoms with Gasteiger partial charge in [-0.05, 0) is 37.0 Å². The number of anilines is 1. The van der Waals surface area contributed by atoms with Gasteiger partial charge in [-0.3, -0.25) is 4.79 Å². The van der Waals surface area contributed by atoms with E-state index in [0.29, 0.717) is 34.2 Å². The Hall–Kier alpha value is -1.79. The molecule has 1 fully saturated rings. The zero-order valence-electron chi connectivity index (χ0n) is 17.9. The van der Waals surface area contributed by atoms with Gasteiger partial charge in [-0.2, -0.15) is 0 Å².